The first kappa shape index (κ1) is 13.7. The minimum Gasteiger partial charge on any atom is -0.207 e. The molecule has 0 bridgehead atoms. The van der Waals surface area contributed by atoms with Crippen LogP contribution >= 0.6 is 54.5 Å². The summed E-state index contributed by atoms with van der Waals surface area (Å²) >= 11 is 10.7. The number of benzene rings is 1. The van der Waals surface area contributed by atoms with Gasteiger partial charge in [0.2, 0.25) is 0 Å². The van der Waals surface area contributed by atoms with Gasteiger partial charge in [0.05, 0.1) is 4.83 Å². The second-order valence-corrected chi connectivity index (χ2v) is 8.44. The van der Waals surface area contributed by atoms with Gasteiger partial charge in [0.1, 0.15) is 5.82 Å². The summed E-state index contributed by atoms with van der Waals surface area (Å²) in [5.41, 5.74) is 0. The van der Waals surface area contributed by atoms with Gasteiger partial charge in [0, 0.05) is 23.8 Å². The number of aryl methyl sites for hydroxylation is 1. The van der Waals surface area contributed by atoms with Gasteiger partial charge < -0.3 is 0 Å². The van der Waals surface area contributed by atoms with E-state index >= 15 is 0 Å². The Morgan fingerprint density at radius 3 is 2.63 bits per heavy atom. The number of halogens is 3. The molecule has 0 aliphatic rings. The molecule has 19 heavy (non-hydrogen) atoms. The molecule has 0 nitrogen and oxygen atoms in total. The molecule has 2 heterocycles. The van der Waals surface area contributed by atoms with Crippen LogP contribution in [0.5, 0.6) is 0 Å². The summed E-state index contributed by atoms with van der Waals surface area (Å²) in [6.07, 6.45) is 0. The van der Waals surface area contributed by atoms with Crippen molar-refractivity contribution in [2.24, 2.45) is 0 Å². The Labute approximate surface area is 135 Å². The Hall–Kier alpha value is -0.230. The first-order chi connectivity index (χ1) is 9.04. The Kier molecular flexibility index (Phi) is 3.82. The largest absolute Gasteiger partial charge is 0.207 e. The Bertz CT molecular complexity index is 745. The summed E-state index contributed by atoms with van der Waals surface area (Å²) in [7, 11) is 0. The second-order valence-electron chi connectivity index (χ2n) is 4.26. The van der Waals surface area contributed by atoms with E-state index in [0.717, 1.165) is 14.6 Å². The van der Waals surface area contributed by atoms with Gasteiger partial charge in [-0.1, -0.05) is 22.0 Å². The van der Waals surface area contributed by atoms with Crippen molar-refractivity contribution >= 4 is 64.6 Å². The molecule has 98 valence electrons. The summed E-state index contributed by atoms with van der Waals surface area (Å²) in [4.78, 5) is 3.88. The minimum absolute atomic E-state index is 0.154. The first-order valence-electron chi connectivity index (χ1n) is 5.63. The molecule has 5 heteroatoms. The number of fused-ring (bicyclic) bond motifs is 1. The molecule has 3 aromatic rings. The van der Waals surface area contributed by atoms with Crippen molar-refractivity contribution in [2.75, 3.05) is 0 Å². The standard InChI is InChI=1S/C14H9Br2FS2/c1-7-4-10(15)14(18-7)13(16)12-5-8-2-3-9(17)6-11(8)19-12/h2-6,13H,1H3. The van der Waals surface area contributed by atoms with E-state index in [4.69, 9.17) is 0 Å². The fourth-order valence-corrected chi connectivity index (χ4v) is 6.23. The lowest BCUT2D eigenvalue weighted by atomic mass is 10.2. The zero-order chi connectivity index (χ0) is 13.6. The highest BCUT2D eigenvalue weighted by molar-refractivity contribution is 9.11. The monoisotopic (exact) mass is 418 g/mol. The quantitative estimate of drug-likeness (QED) is 0.407. The van der Waals surface area contributed by atoms with Crippen LogP contribution in [0.3, 0.4) is 0 Å². The van der Waals surface area contributed by atoms with Crippen LogP contribution in [-0.4, -0.2) is 0 Å². The van der Waals surface area contributed by atoms with Crippen molar-refractivity contribution in [1.82, 2.24) is 0 Å². The van der Waals surface area contributed by atoms with Crippen LogP contribution in [0.25, 0.3) is 10.1 Å². The van der Waals surface area contributed by atoms with Crippen molar-refractivity contribution in [3.8, 4) is 0 Å². The van der Waals surface area contributed by atoms with Gasteiger partial charge in [-0.25, -0.2) is 4.39 Å². The molecule has 0 aliphatic heterocycles. The number of hydrogen-bond acceptors (Lipinski definition) is 2. The number of rotatable bonds is 2. The van der Waals surface area contributed by atoms with E-state index in [9.17, 15) is 4.39 Å². The van der Waals surface area contributed by atoms with E-state index in [0.29, 0.717) is 0 Å². The molecule has 0 fully saturated rings. The van der Waals surface area contributed by atoms with Crippen LogP contribution in [0.1, 0.15) is 19.5 Å². The number of hydrogen-bond donors (Lipinski definition) is 0. The van der Waals surface area contributed by atoms with Crippen LogP contribution in [-0.2, 0) is 0 Å². The van der Waals surface area contributed by atoms with Crippen molar-refractivity contribution in [3.05, 3.63) is 55.3 Å². The highest BCUT2D eigenvalue weighted by atomic mass is 79.9. The van der Waals surface area contributed by atoms with Gasteiger partial charge in [-0.3, -0.25) is 0 Å². The maximum Gasteiger partial charge on any atom is 0.124 e. The van der Waals surface area contributed by atoms with Gasteiger partial charge in [-0.15, -0.1) is 22.7 Å². The van der Waals surface area contributed by atoms with Gasteiger partial charge in [-0.2, -0.15) is 0 Å². The third kappa shape index (κ3) is 2.66. The first-order valence-corrected chi connectivity index (χ1v) is 8.97. The molecular formula is C14H9Br2FS2. The third-order valence-electron chi connectivity index (χ3n) is 2.82. The van der Waals surface area contributed by atoms with Crippen LogP contribution in [0.4, 0.5) is 4.39 Å². The molecule has 0 spiro atoms. The maximum atomic E-state index is 13.2. The van der Waals surface area contributed by atoms with Gasteiger partial charge in [0.25, 0.3) is 0 Å². The van der Waals surface area contributed by atoms with E-state index in [1.54, 1.807) is 28.7 Å². The summed E-state index contributed by atoms with van der Waals surface area (Å²) in [5.74, 6) is -0.180. The van der Waals surface area contributed by atoms with Crippen LogP contribution in [0, 0.1) is 12.7 Å². The van der Waals surface area contributed by atoms with E-state index in [1.807, 2.05) is 6.07 Å². The normalized spacial score (nSPS) is 13.1. The highest BCUT2D eigenvalue weighted by Crippen LogP contribution is 2.44. The zero-order valence-corrected chi connectivity index (χ0v) is 14.7. The molecule has 0 saturated heterocycles. The summed E-state index contributed by atoms with van der Waals surface area (Å²) in [6, 6.07) is 9.19. The Balaban J connectivity index is 2.06. The van der Waals surface area contributed by atoms with Gasteiger partial charge >= 0.3 is 0 Å². The summed E-state index contributed by atoms with van der Waals surface area (Å²) in [5, 5.41) is 1.09. The molecule has 0 aliphatic carbocycles. The molecule has 0 radical (unpaired) electrons. The molecular weight excluding hydrogens is 411 g/mol. The average Bonchev–Trinajstić information content (AvgIpc) is 2.91. The summed E-state index contributed by atoms with van der Waals surface area (Å²) < 4.78 is 15.3. The maximum absolute atomic E-state index is 13.2. The molecule has 1 aromatic carbocycles. The minimum atomic E-state index is -0.180. The SMILES string of the molecule is Cc1cc(Br)c(C(Br)c2cc3ccc(F)cc3s2)s1. The topological polar surface area (TPSA) is 0 Å². The van der Waals surface area contributed by atoms with Crippen LogP contribution in [0.2, 0.25) is 0 Å². The highest BCUT2D eigenvalue weighted by Gasteiger charge is 2.18. The van der Waals surface area contributed by atoms with Crippen molar-refractivity contribution in [2.45, 2.75) is 11.8 Å². The van der Waals surface area contributed by atoms with Gasteiger partial charge in [-0.05, 0) is 52.5 Å². The lowest BCUT2D eigenvalue weighted by Gasteiger charge is -2.05. The summed E-state index contributed by atoms with van der Waals surface area (Å²) in [6.45, 7) is 2.10. The average molecular weight is 420 g/mol. The molecule has 2 aromatic heterocycles. The molecule has 3 rings (SSSR count). The smallest absolute Gasteiger partial charge is 0.124 e. The lowest BCUT2D eigenvalue weighted by molar-refractivity contribution is 0.630. The van der Waals surface area contributed by atoms with E-state index in [-0.39, 0.29) is 10.6 Å². The second kappa shape index (κ2) is 5.28. The predicted molar refractivity (Wildman–Crippen MR) is 89.3 cm³/mol. The molecule has 1 unspecified atom stereocenters. The van der Waals surface area contributed by atoms with Crippen molar-refractivity contribution in [3.63, 3.8) is 0 Å². The third-order valence-corrected chi connectivity index (χ3v) is 7.57. The molecule has 0 amide bonds. The molecule has 0 N–H and O–H groups in total. The Morgan fingerprint density at radius 2 is 1.95 bits per heavy atom. The van der Waals surface area contributed by atoms with E-state index < -0.39 is 0 Å². The molecule has 1 atom stereocenters. The fraction of sp³-hybridized carbons (Fsp3) is 0.143. The number of thiophene rings is 2. The predicted octanol–water partition coefficient (Wildman–Crippen LogP) is 6.66. The van der Waals surface area contributed by atoms with E-state index in [2.05, 4.69) is 50.9 Å². The zero-order valence-electron chi connectivity index (χ0n) is 9.91. The van der Waals surface area contributed by atoms with Crippen LogP contribution in [0.15, 0.2) is 34.8 Å². The van der Waals surface area contributed by atoms with E-state index in [1.165, 1.54) is 20.7 Å². The van der Waals surface area contributed by atoms with Crippen molar-refractivity contribution in [1.29, 1.82) is 0 Å². The lowest BCUT2D eigenvalue weighted by Crippen LogP contribution is -1.85. The number of alkyl halides is 1. The van der Waals surface area contributed by atoms with Crippen LogP contribution < -0.4 is 0 Å². The van der Waals surface area contributed by atoms with Gasteiger partial charge in [0.15, 0.2) is 0 Å². The molecule has 0 saturated carbocycles. The fourth-order valence-electron chi connectivity index (χ4n) is 1.95. The Morgan fingerprint density at radius 1 is 1.16 bits per heavy atom. The van der Waals surface area contributed by atoms with Crippen molar-refractivity contribution < 1.29 is 4.39 Å².